The van der Waals surface area contributed by atoms with E-state index in [2.05, 4.69) is 5.32 Å². The number of nitrogens with one attached hydrogen (secondary N) is 1. The Balaban J connectivity index is 1.41. The highest BCUT2D eigenvalue weighted by Gasteiger charge is 2.08. The van der Waals surface area contributed by atoms with Gasteiger partial charge in [-0.25, -0.2) is 0 Å². The van der Waals surface area contributed by atoms with Crippen molar-refractivity contribution in [3.8, 4) is 16.9 Å². The Hall–Kier alpha value is -3.11. The molecule has 3 aromatic carbocycles. The number of hydrogen-bond donors (Lipinski definition) is 1. The summed E-state index contributed by atoms with van der Waals surface area (Å²) in [6.07, 6.45) is 0.724. The third kappa shape index (κ3) is 5.69. The van der Waals surface area contributed by atoms with Crippen LogP contribution in [-0.2, 0) is 4.79 Å². The first-order chi connectivity index (χ1) is 13.6. The van der Waals surface area contributed by atoms with Gasteiger partial charge in [0, 0.05) is 23.6 Å². The monoisotopic (exact) mass is 393 g/mol. The minimum Gasteiger partial charge on any atom is -0.427 e. The van der Waals surface area contributed by atoms with Gasteiger partial charge in [-0.2, -0.15) is 0 Å². The van der Waals surface area contributed by atoms with Crippen LogP contribution in [-0.4, -0.2) is 18.4 Å². The van der Waals surface area contributed by atoms with Crippen molar-refractivity contribution in [2.75, 3.05) is 6.54 Å². The first-order valence-corrected chi connectivity index (χ1v) is 9.39. The normalized spacial score (nSPS) is 10.3. The molecule has 0 bridgehead atoms. The number of rotatable bonds is 7. The molecule has 0 aromatic heterocycles. The van der Waals surface area contributed by atoms with Crippen molar-refractivity contribution in [3.05, 3.63) is 89.4 Å². The Morgan fingerprint density at radius 2 is 1.46 bits per heavy atom. The molecule has 0 atom stereocenters. The number of carbonyl (C=O) groups excluding carboxylic acids is 2. The molecule has 0 aliphatic heterocycles. The highest BCUT2D eigenvalue weighted by Crippen LogP contribution is 2.22. The van der Waals surface area contributed by atoms with Crippen LogP contribution in [0.15, 0.2) is 78.9 Å². The van der Waals surface area contributed by atoms with Crippen molar-refractivity contribution in [3.63, 3.8) is 0 Å². The van der Waals surface area contributed by atoms with E-state index >= 15 is 0 Å². The summed E-state index contributed by atoms with van der Waals surface area (Å²) < 4.78 is 5.34. The van der Waals surface area contributed by atoms with Crippen LogP contribution >= 0.6 is 11.6 Å². The van der Waals surface area contributed by atoms with E-state index in [0.717, 1.165) is 11.1 Å². The first kappa shape index (κ1) is 19.6. The lowest BCUT2D eigenvalue weighted by Gasteiger charge is -2.07. The lowest BCUT2D eigenvalue weighted by molar-refractivity contribution is -0.134. The molecule has 3 rings (SSSR count). The lowest BCUT2D eigenvalue weighted by atomic mass is 10.1. The minimum absolute atomic E-state index is 0.193. The van der Waals surface area contributed by atoms with Gasteiger partial charge in [-0.15, -0.1) is 0 Å². The van der Waals surface area contributed by atoms with E-state index in [4.69, 9.17) is 16.3 Å². The van der Waals surface area contributed by atoms with Crippen LogP contribution in [0.4, 0.5) is 0 Å². The fourth-order valence-electron chi connectivity index (χ4n) is 2.67. The van der Waals surface area contributed by atoms with Crippen LogP contribution in [0.1, 0.15) is 23.2 Å². The van der Waals surface area contributed by atoms with Gasteiger partial charge in [-0.05, 0) is 53.9 Å². The molecule has 0 spiro atoms. The molecule has 142 valence electrons. The molecular formula is C23H20ClNO3. The average molecular weight is 394 g/mol. The van der Waals surface area contributed by atoms with Crippen LogP contribution in [0.2, 0.25) is 5.02 Å². The second kappa shape index (κ2) is 9.72. The molecule has 0 unspecified atom stereocenters. The SMILES string of the molecule is O=C(CCCNC(=O)c1ccc(Cl)cc1)Oc1ccc(-c2ccccc2)cc1. The zero-order valence-corrected chi connectivity index (χ0v) is 16.0. The van der Waals surface area contributed by atoms with Crippen LogP contribution in [0.5, 0.6) is 5.75 Å². The van der Waals surface area contributed by atoms with Crippen LogP contribution in [0.25, 0.3) is 11.1 Å². The molecule has 0 saturated heterocycles. The average Bonchev–Trinajstić information content (AvgIpc) is 2.73. The molecule has 0 aliphatic rings. The number of amides is 1. The minimum atomic E-state index is -0.326. The predicted octanol–water partition coefficient (Wildman–Crippen LogP) is 5.12. The number of halogens is 1. The summed E-state index contributed by atoms with van der Waals surface area (Å²) in [6.45, 7) is 0.392. The van der Waals surface area contributed by atoms with Gasteiger partial charge >= 0.3 is 5.97 Å². The molecule has 4 nitrogen and oxygen atoms in total. The van der Waals surface area contributed by atoms with E-state index in [1.54, 1.807) is 36.4 Å². The molecule has 0 aliphatic carbocycles. The Kier molecular flexibility index (Phi) is 6.82. The molecule has 5 heteroatoms. The van der Waals surface area contributed by atoms with Gasteiger partial charge in [-0.3, -0.25) is 9.59 Å². The van der Waals surface area contributed by atoms with Crippen molar-refractivity contribution in [2.45, 2.75) is 12.8 Å². The maximum Gasteiger partial charge on any atom is 0.311 e. The predicted molar refractivity (Wildman–Crippen MR) is 111 cm³/mol. The molecule has 3 aromatic rings. The van der Waals surface area contributed by atoms with Gasteiger partial charge in [0.1, 0.15) is 5.75 Å². The number of hydrogen-bond acceptors (Lipinski definition) is 3. The van der Waals surface area contributed by atoms with Gasteiger partial charge in [0.25, 0.3) is 5.91 Å². The summed E-state index contributed by atoms with van der Waals surface area (Å²) in [5.74, 6) is -0.00961. The molecule has 0 fully saturated rings. The molecular weight excluding hydrogens is 374 g/mol. The van der Waals surface area contributed by atoms with Gasteiger partial charge in [-0.1, -0.05) is 54.1 Å². The molecule has 1 amide bonds. The summed E-state index contributed by atoms with van der Waals surface area (Å²) in [4.78, 5) is 23.9. The Bertz CT molecular complexity index is 922. The standard InChI is InChI=1S/C23H20ClNO3/c24-20-12-8-19(9-13-20)23(27)25-16-4-7-22(26)28-21-14-10-18(11-15-21)17-5-2-1-3-6-17/h1-3,5-6,8-15H,4,7,16H2,(H,25,27). The van der Waals surface area contributed by atoms with Gasteiger partial charge in [0.2, 0.25) is 0 Å². The van der Waals surface area contributed by atoms with Crippen LogP contribution < -0.4 is 10.1 Å². The maximum atomic E-state index is 12.0. The van der Waals surface area contributed by atoms with Crippen molar-refractivity contribution < 1.29 is 14.3 Å². The van der Waals surface area contributed by atoms with E-state index < -0.39 is 0 Å². The van der Waals surface area contributed by atoms with E-state index in [9.17, 15) is 9.59 Å². The van der Waals surface area contributed by atoms with Gasteiger partial charge in [0.15, 0.2) is 0 Å². The quantitative estimate of drug-likeness (QED) is 0.344. The van der Waals surface area contributed by atoms with Gasteiger partial charge in [0.05, 0.1) is 0 Å². The van der Waals surface area contributed by atoms with Crippen molar-refractivity contribution in [1.82, 2.24) is 5.32 Å². The molecule has 28 heavy (non-hydrogen) atoms. The molecule has 1 N–H and O–H groups in total. The Labute approximate surface area is 169 Å². The Morgan fingerprint density at radius 3 is 2.14 bits per heavy atom. The summed E-state index contributed by atoms with van der Waals surface area (Å²) >= 11 is 5.80. The second-order valence-corrected chi connectivity index (χ2v) is 6.67. The number of carbonyl (C=O) groups is 2. The second-order valence-electron chi connectivity index (χ2n) is 6.23. The summed E-state index contributed by atoms with van der Waals surface area (Å²) in [5, 5.41) is 3.35. The lowest BCUT2D eigenvalue weighted by Crippen LogP contribution is -2.25. The highest BCUT2D eigenvalue weighted by molar-refractivity contribution is 6.30. The smallest absolute Gasteiger partial charge is 0.311 e. The van der Waals surface area contributed by atoms with E-state index in [0.29, 0.717) is 29.3 Å². The van der Waals surface area contributed by atoms with Crippen LogP contribution in [0.3, 0.4) is 0 Å². The molecule has 0 saturated carbocycles. The largest absolute Gasteiger partial charge is 0.427 e. The fraction of sp³-hybridized carbons (Fsp3) is 0.130. The first-order valence-electron chi connectivity index (χ1n) is 9.02. The summed E-state index contributed by atoms with van der Waals surface area (Å²) in [6, 6.07) is 24.0. The number of benzene rings is 3. The summed E-state index contributed by atoms with van der Waals surface area (Å²) in [5.41, 5.74) is 2.70. The highest BCUT2D eigenvalue weighted by atomic mass is 35.5. The van der Waals surface area contributed by atoms with E-state index in [1.807, 2.05) is 42.5 Å². The van der Waals surface area contributed by atoms with E-state index in [1.165, 1.54) is 0 Å². The van der Waals surface area contributed by atoms with E-state index in [-0.39, 0.29) is 18.3 Å². The topological polar surface area (TPSA) is 55.4 Å². The number of esters is 1. The van der Waals surface area contributed by atoms with Crippen molar-refractivity contribution >= 4 is 23.5 Å². The maximum absolute atomic E-state index is 12.0. The zero-order valence-electron chi connectivity index (χ0n) is 15.2. The molecule has 0 heterocycles. The zero-order chi connectivity index (χ0) is 19.8. The number of ether oxygens (including phenoxy) is 1. The van der Waals surface area contributed by atoms with Crippen molar-refractivity contribution in [2.24, 2.45) is 0 Å². The summed E-state index contributed by atoms with van der Waals surface area (Å²) in [7, 11) is 0. The fourth-order valence-corrected chi connectivity index (χ4v) is 2.79. The Morgan fingerprint density at radius 1 is 0.821 bits per heavy atom. The van der Waals surface area contributed by atoms with Gasteiger partial charge < -0.3 is 10.1 Å². The molecule has 0 radical (unpaired) electrons. The van der Waals surface area contributed by atoms with Crippen molar-refractivity contribution in [1.29, 1.82) is 0 Å². The third-order valence-corrected chi connectivity index (χ3v) is 4.39. The van der Waals surface area contributed by atoms with Crippen LogP contribution in [0, 0.1) is 0 Å². The third-order valence-electron chi connectivity index (χ3n) is 4.14.